The summed E-state index contributed by atoms with van der Waals surface area (Å²) in [6, 6.07) is 7.51. The van der Waals surface area contributed by atoms with E-state index < -0.39 is 15.9 Å². The molecule has 0 aliphatic carbocycles. The Bertz CT molecular complexity index is 709. The number of likely N-dealkylation sites (N-methyl/N-ethyl adjacent to an activating group) is 1. The second-order valence-corrected chi connectivity index (χ2v) is 6.99. The number of aromatic nitrogens is 1. The SMILES string of the molecule is CN(CC(=O)Nc1nsc2ccccc12)S(C)(=O)=O. The molecule has 0 atom stereocenters. The number of fused-ring (bicyclic) bond motifs is 1. The zero-order chi connectivity index (χ0) is 14.0. The zero-order valence-electron chi connectivity index (χ0n) is 10.5. The molecule has 0 unspecified atom stereocenters. The molecule has 1 aromatic carbocycles. The number of amides is 1. The summed E-state index contributed by atoms with van der Waals surface area (Å²) < 4.78 is 28.5. The minimum absolute atomic E-state index is 0.231. The van der Waals surface area contributed by atoms with Crippen molar-refractivity contribution < 1.29 is 13.2 Å². The Morgan fingerprint density at radius 3 is 2.79 bits per heavy atom. The van der Waals surface area contributed by atoms with Crippen molar-refractivity contribution in [2.45, 2.75) is 0 Å². The van der Waals surface area contributed by atoms with Gasteiger partial charge in [-0.05, 0) is 23.7 Å². The van der Waals surface area contributed by atoms with Gasteiger partial charge in [0, 0.05) is 12.4 Å². The highest BCUT2D eigenvalue weighted by molar-refractivity contribution is 7.88. The molecule has 1 aromatic heterocycles. The van der Waals surface area contributed by atoms with E-state index in [1.807, 2.05) is 24.3 Å². The third-order valence-electron chi connectivity index (χ3n) is 2.57. The maximum Gasteiger partial charge on any atom is 0.240 e. The van der Waals surface area contributed by atoms with Crippen LogP contribution in [0.15, 0.2) is 24.3 Å². The van der Waals surface area contributed by atoms with Crippen LogP contribution in [0.4, 0.5) is 5.82 Å². The Morgan fingerprint density at radius 2 is 2.11 bits per heavy atom. The van der Waals surface area contributed by atoms with E-state index >= 15 is 0 Å². The Kier molecular flexibility index (Phi) is 3.83. The number of benzene rings is 1. The highest BCUT2D eigenvalue weighted by Gasteiger charge is 2.16. The average Bonchev–Trinajstić information content (AvgIpc) is 2.71. The Morgan fingerprint density at radius 1 is 1.42 bits per heavy atom. The molecule has 2 aromatic rings. The van der Waals surface area contributed by atoms with E-state index in [1.165, 1.54) is 18.6 Å². The van der Waals surface area contributed by atoms with Crippen LogP contribution in [-0.2, 0) is 14.8 Å². The van der Waals surface area contributed by atoms with Crippen LogP contribution in [0.25, 0.3) is 10.1 Å². The lowest BCUT2D eigenvalue weighted by molar-refractivity contribution is -0.116. The molecule has 102 valence electrons. The highest BCUT2D eigenvalue weighted by atomic mass is 32.2. The Balaban J connectivity index is 2.11. The Labute approximate surface area is 115 Å². The molecule has 2 rings (SSSR count). The summed E-state index contributed by atoms with van der Waals surface area (Å²) in [5, 5.41) is 3.47. The molecule has 1 heterocycles. The molecular weight excluding hydrogens is 286 g/mol. The first kappa shape index (κ1) is 13.9. The fourth-order valence-electron chi connectivity index (χ4n) is 1.47. The van der Waals surface area contributed by atoms with Gasteiger partial charge in [-0.3, -0.25) is 4.79 Å². The van der Waals surface area contributed by atoms with Gasteiger partial charge in [0.25, 0.3) is 0 Å². The van der Waals surface area contributed by atoms with Gasteiger partial charge in [0.05, 0.1) is 17.5 Å². The van der Waals surface area contributed by atoms with Crippen LogP contribution in [-0.4, -0.2) is 42.9 Å². The molecule has 0 aliphatic heterocycles. The molecule has 1 N–H and O–H groups in total. The lowest BCUT2D eigenvalue weighted by Gasteiger charge is -2.12. The largest absolute Gasteiger partial charge is 0.308 e. The van der Waals surface area contributed by atoms with Gasteiger partial charge in [-0.2, -0.15) is 8.68 Å². The molecule has 0 saturated carbocycles. The summed E-state index contributed by atoms with van der Waals surface area (Å²) in [6.07, 6.45) is 1.05. The minimum Gasteiger partial charge on any atom is -0.308 e. The van der Waals surface area contributed by atoms with Crippen molar-refractivity contribution in [3.63, 3.8) is 0 Å². The number of rotatable bonds is 4. The summed E-state index contributed by atoms with van der Waals surface area (Å²) in [5.41, 5.74) is 0. The van der Waals surface area contributed by atoms with Gasteiger partial charge < -0.3 is 5.32 Å². The number of carbonyl (C=O) groups excluding carboxylic acids is 1. The molecule has 0 radical (unpaired) electrons. The van der Waals surface area contributed by atoms with E-state index in [4.69, 9.17) is 0 Å². The van der Waals surface area contributed by atoms with Crippen molar-refractivity contribution in [2.24, 2.45) is 0 Å². The predicted octanol–water partition coefficient (Wildman–Crippen LogP) is 1.13. The fraction of sp³-hybridized carbons (Fsp3) is 0.273. The molecule has 0 aliphatic rings. The summed E-state index contributed by atoms with van der Waals surface area (Å²) >= 11 is 1.28. The monoisotopic (exact) mass is 299 g/mol. The zero-order valence-corrected chi connectivity index (χ0v) is 12.1. The van der Waals surface area contributed by atoms with Gasteiger partial charge in [-0.15, -0.1) is 0 Å². The summed E-state index contributed by atoms with van der Waals surface area (Å²) in [7, 11) is -2.01. The van der Waals surface area contributed by atoms with Crippen LogP contribution >= 0.6 is 11.5 Å². The topological polar surface area (TPSA) is 79.4 Å². The van der Waals surface area contributed by atoms with E-state index in [0.29, 0.717) is 5.82 Å². The smallest absolute Gasteiger partial charge is 0.240 e. The fourth-order valence-corrected chi connectivity index (χ4v) is 2.55. The maximum atomic E-state index is 11.8. The first-order chi connectivity index (χ1) is 8.88. The third kappa shape index (κ3) is 3.28. The second-order valence-electron chi connectivity index (χ2n) is 4.09. The van der Waals surface area contributed by atoms with Crippen molar-refractivity contribution in [1.82, 2.24) is 8.68 Å². The standard InChI is InChI=1S/C11H13N3O3S2/c1-14(19(2,16)17)7-10(15)12-11-8-5-3-4-6-9(8)18-13-11/h3-6H,7H2,1-2H3,(H,12,13,15). The number of anilines is 1. The predicted molar refractivity (Wildman–Crippen MR) is 75.7 cm³/mol. The molecule has 0 bridgehead atoms. The van der Waals surface area contributed by atoms with E-state index in [2.05, 4.69) is 9.69 Å². The Hall–Kier alpha value is -1.51. The van der Waals surface area contributed by atoms with Crippen LogP contribution in [0.5, 0.6) is 0 Å². The van der Waals surface area contributed by atoms with Crippen molar-refractivity contribution in [3.05, 3.63) is 24.3 Å². The van der Waals surface area contributed by atoms with Gasteiger partial charge in [0.15, 0.2) is 5.82 Å². The quantitative estimate of drug-likeness (QED) is 0.917. The van der Waals surface area contributed by atoms with E-state index in [-0.39, 0.29) is 6.54 Å². The number of carbonyl (C=O) groups is 1. The molecule has 0 spiro atoms. The normalized spacial score (nSPS) is 11.9. The summed E-state index contributed by atoms with van der Waals surface area (Å²) in [5.74, 6) is 0.0523. The van der Waals surface area contributed by atoms with Gasteiger partial charge in [0.1, 0.15) is 0 Å². The first-order valence-electron chi connectivity index (χ1n) is 5.43. The molecule has 0 saturated heterocycles. The maximum absolute atomic E-state index is 11.8. The first-order valence-corrected chi connectivity index (χ1v) is 8.05. The van der Waals surface area contributed by atoms with E-state index in [1.54, 1.807) is 0 Å². The van der Waals surface area contributed by atoms with Gasteiger partial charge in [-0.1, -0.05) is 12.1 Å². The minimum atomic E-state index is -3.36. The van der Waals surface area contributed by atoms with Crippen molar-refractivity contribution in [1.29, 1.82) is 0 Å². The van der Waals surface area contributed by atoms with Crippen molar-refractivity contribution in [3.8, 4) is 0 Å². The molecule has 8 heteroatoms. The summed E-state index contributed by atoms with van der Waals surface area (Å²) in [4.78, 5) is 11.8. The van der Waals surface area contributed by atoms with Crippen molar-refractivity contribution in [2.75, 3.05) is 25.2 Å². The van der Waals surface area contributed by atoms with E-state index in [0.717, 1.165) is 20.6 Å². The highest BCUT2D eigenvalue weighted by Crippen LogP contribution is 2.25. The molecule has 0 fully saturated rings. The van der Waals surface area contributed by atoms with Crippen LogP contribution < -0.4 is 5.32 Å². The molecule has 1 amide bonds. The third-order valence-corrected chi connectivity index (χ3v) is 4.66. The number of hydrogen-bond acceptors (Lipinski definition) is 5. The lowest BCUT2D eigenvalue weighted by atomic mass is 10.2. The van der Waals surface area contributed by atoms with Crippen molar-refractivity contribution >= 4 is 43.4 Å². The van der Waals surface area contributed by atoms with Crippen LogP contribution in [0.3, 0.4) is 0 Å². The molecule has 6 nitrogen and oxygen atoms in total. The van der Waals surface area contributed by atoms with Crippen LogP contribution in [0.2, 0.25) is 0 Å². The molecular formula is C11H13N3O3S2. The van der Waals surface area contributed by atoms with Gasteiger partial charge in [0.2, 0.25) is 15.9 Å². The van der Waals surface area contributed by atoms with Gasteiger partial charge >= 0.3 is 0 Å². The second kappa shape index (κ2) is 5.24. The number of nitrogens with one attached hydrogen (secondary N) is 1. The lowest BCUT2D eigenvalue weighted by Crippen LogP contribution is -2.34. The summed E-state index contributed by atoms with van der Waals surface area (Å²) in [6.45, 7) is -0.231. The van der Waals surface area contributed by atoms with Gasteiger partial charge in [-0.25, -0.2) is 8.42 Å². The number of sulfonamides is 1. The average molecular weight is 299 g/mol. The number of nitrogens with zero attached hydrogens (tertiary/aromatic N) is 2. The van der Waals surface area contributed by atoms with E-state index in [9.17, 15) is 13.2 Å². The number of hydrogen-bond donors (Lipinski definition) is 1. The van der Waals surface area contributed by atoms with Crippen LogP contribution in [0.1, 0.15) is 0 Å². The van der Waals surface area contributed by atoms with Crippen LogP contribution in [0, 0.1) is 0 Å². The molecule has 19 heavy (non-hydrogen) atoms.